The minimum absolute atomic E-state index is 0.109. The fraction of sp³-hybridized carbons (Fsp3) is 0. The van der Waals surface area contributed by atoms with Crippen LogP contribution in [0.4, 0.5) is 11.4 Å². The van der Waals surface area contributed by atoms with Gasteiger partial charge in [0.2, 0.25) is 0 Å². The number of hydrogen-bond acceptors (Lipinski definition) is 8. The molecule has 0 bridgehead atoms. The molecule has 0 aliphatic heterocycles. The molecule has 2 aromatic rings. The van der Waals surface area contributed by atoms with Gasteiger partial charge in [0.1, 0.15) is 0 Å². The second-order valence-corrected chi connectivity index (χ2v) is 4.55. The number of nitro benzene ring substituents is 2. The van der Waals surface area contributed by atoms with Gasteiger partial charge < -0.3 is 19.8 Å². The number of carbonyl (C=O) groups excluding carboxylic acids is 2. The zero-order valence-electron chi connectivity index (χ0n) is 11.6. The maximum Gasteiger partial charge on any atom is 0.278 e. The van der Waals surface area contributed by atoms with Gasteiger partial charge in [-0.05, 0) is 35.4 Å². The molecule has 10 nitrogen and oxygen atoms in total. The van der Waals surface area contributed by atoms with Gasteiger partial charge in [-0.25, -0.2) is 0 Å². The van der Waals surface area contributed by atoms with Crippen LogP contribution in [-0.4, -0.2) is 21.8 Å². The molecule has 0 aliphatic carbocycles. The Labute approximate surface area is 132 Å². The second kappa shape index (κ2) is 6.12. The highest BCUT2D eigenvalue weighted by molar-refractivity contribution is 5.95. The molecule has 0 N–H and O–H groups in total. The van der Waals surface area contributed by atoms with E-state index in [0.29, 0.717) is 0 Å². The fourth-order valence-corrected chi connectivity index (χ4v) is 2.08. The number of carboxylic acids is 2. The Kier molecular flexibility index (Phi) is 4.22. The molecule has 0 saturated heterocycles. The molecule has 0 spiro atoms. The van der Waals surface area contributed by atoms with E-state index in [9.17, 15) is 40.0 Å². The normalized spacial score (nSPS) is 10.2. The largest absolute Gasteiger partial charge is 0.545 e. The van der Waals surface area contributed by atoms with E-state index < -0.39 is 44.3 Å². The standard InChI is InChI=1S/C14H8N2O8/c17-13(18)9-5-7(1-3-11(9)15(21)22)8-2-4-12(16(23)24)10(6-8)14(19)20/h1-6H,(H,17,18)(H,19,20)/p-2. The van der Waals surface area contributed by atoms with Gasteiger partial charge in [0.25, 0.3) is 11.4 Å². The quantitative estimate of drug-likeness (QED) is 0.540. The minimum atomic E-state index is -1.79. The molecule has 0 unspecified atom stereocenters. The number of benzene rings is 2. The lowest BCUT2D eigenvalue weighted by Gasteiger charge is -2.10. The number of carboxylic acid groups (broad SMARTS) is 2. The summed E-state index contributed by atoms with van der Waals surface area (Å²) in [5.41, 5.74) is -2.58. The molecule has 0 saturated carbocycles. The third-order valence-electron chi connectivity index (χ3n) is 3.16. The van der Waals surface area contributed by atoms with Crippen molar-refractivity contribution in [2.45, 2.75) is 0 Å². The number of aromatic carboxylic acids is 2. The van der Waals surface area contributed by atoms with E-state index in [2.05, 4.69) is 0 Å². The van der Waals surface area contributed by atoms with E-state index in [0.717, 1.165) is 24.3 Å². The summed E-state index contributed by atoms with van der Waals surface area (Å²) in [6.07, 6.45) is 0. The maximum absolute atomic E-state index is 11.0. The zero-order chi connectivity index (χ0) is 18.0. The third kappa shape index (κ3) is 3.02. The summed E-state index contributed by atoms with van der Waals surface area (Å²) in [5.74, 6) is -3.57. The summed E-state index contributed by atoms with van der Waals surface area (Å²) in [5, 5.41) is 43.6. The molecule has 2 rings (SSSR count). The molecule has 24 heavy (non-hydrogen) atoms. The Morgan fingerprint density at radius 3 is 1.29 bits per heavy atom. The van der Waals surface area contributed by atoms with Gasteiger partial charge in [-0.1, -0.05) is 0 Å². The Morgan fingerprint density at radius 2 is 1.04 bits per heavy atom. The summed E-state index contributed by atoms with van der Waals surface area (Å²) in [6.45, 7) is 0. The van der Waals surface area contributed by atoms with Crippen LogP contribution in [0.2, 0.25) is 0 Å². The monoisotopic (exact) mass is 330 g/mol. The molecular formula is C14H6N2O8-2. The first-order valence-electron chi connectivity index (χ1n) is 6.22. The predicted molar refractivity (Wildman–Crippen MR) is 73.8 cm³/mol. The molecular weight excluding hydrogens is 324 g/mol. The molecule has 10 heteroatoms. The summed E-state index contributed by atoms with van der Waals surface area (Å²) in [6, 6.07) is 6.05. The van der Waals surface area contributed by atoms with Crippen molar-refractivity contribution >= 4 is 23.3 Å². The van der Waals surface area contributed by atoms with E-state index in [1.54, 1.807) is 0 Å². The number of carbonyl (C=O) groups is 2. The number of nitrogens with zero attached hydrogens (tertiary/aromatic N) is 2. The molecule has 0 atom stereocenters. The van der Waals surface area contributed by atoms with Gasteiger partial charge in [-0.15, -0.1) is 0 Å². The molecule has 0 amide bonds. The first-order valence-corrected chi connectivity index (χ1v) is 6.22. The van der Waals surface area contributed by atoms with Crippen molar-refractivity contribution in [2.75, 3.05) is 0 Å². The van der Waals surface area contributed by atoms with Crippen molar-refractivity contribution in [3.05, 3.63) is 67.8 Å². The van der Waals surface area contributed by atoms with Crippen molar-refractivity contribution in [3.8, 4) is 11.1 Å². The van der Waals surface area contributed by atoms with Crippen molar-refractivity contribution in [2.24, 2.45) is 0 Å². The van der Waals surface area contributed by atoms with Gasteiger partial charge in [0.15, 0.2) is 0 Å². The number of hydrogen-bond donors (Lipinski definition) is 0. The molecule has 0 radical (unpaired) electrons. The van der Waals surface area contributed by atoms with Gasteiger partial charge in [-0.3, -0.25) is 20.2 Å². The lowest BCUT2D eigenvalue weighted by atomic mass is 9.99. The van der Waals surface area contributed by atoms with Crippen molar-refractivity contribution in [3.63, 3.8) is 0 Å². The van der Waals surface area contributed by atoms with Crippen LogP contribution in [0.1, 0.15) is 20.7 Å². The van der Waals surface area contributed by atoms with E-state index in [4.69, 9.17) is 0 Å². The average molecular weight is 330 g/mol. The molecule has 0 heterocycles. The van der Waals surface area contributed by atoms with Crippen LogP contribution >= 0.6 is 0 Å². The predicted octanol–water partition coefficient (Wildman–Crippen LogP) is -0.103. The molecule has 122 valence electrons. The number of nitro groups is 2. The summed E-state index contributed by atoms with van der Waals surface area (Å²) < 4.78 is 0. The van der Waals surface area contributed by atoms with Gasteiger partial charge in [0.05, 0.1) is 32.9 Å². The van der Waals surface area contributed by atoms with Gasteiger partial charge >= 0.3 is 0 Å². The van der Waals surface area contributed by atoms with Crippen molar-refractivity contribution in [1.82, 2.24) is 0 Å². The van der Waals surface area contributed by atoms with E-state index in [-0.39, 0.29) is 11.1 Å². The molecule has 2 aromatic carbocycles. The van der Waals surface area contributed by atoms with Crippen molar-refractivity contribution < 1.29 is 29.6 Å². The fourth-order valence-electron chi connectivity index (χ4n) is 2.08. The Hall–Kier alpha value is -3.82. The lowest BCUT2D eigenvalue weighted by molar-refractivity contribution is -0.386. The first-order chi connectivity index (χ1) is 11.2. The Bertz CT molecular complexity index is 817. The van der Waals surface area contributed by atoms with E-state index in [1.165, 1.54) is 12.1 Å². The van der Waals surface area contributed by atoms with Gasteiger partial charge in [0, 0.05) is 12.1 Å². The highest BCUT2D eigenvalue weighted by atomic mass is 16.6. The van der Waals surface area contributed by atoms with Crippen LogP contribution in [0.3, 0.4) is 0 Å². The van der Waals surface area contributed by atoms with E-state index >= 15 is 0 Å². The van der Waals surface area contributed by atoms with Gasteiger partial charge in [-0.2, -0.15) is 0 Å². The number of rotatable bonds is 5. The zero-order valence-corrected chi connectivity index (χ0v) is 11.6. The summed E-state index contributed by atoms with van der Waals surface area (Å²) in [4.78, 5) is 41.8. The molecule has 0 aromatic heterocycles. The van der Waals surface area contributed by atoms with Crippen molar-refractivity contribution in [1.29, 1.82) is 0 Å². The van der Waals surface area contributed by atoms with Crippen LogP contribution in [0.15, 0.2) is 36.4 Å². The average Bonchev–Trinajstić information content (AvgIpc) is 2.53. The smallest absolute Gasteiger partial charge is 0.278 e. The van der Waals surface area contributed by atoms with Crippen LogP contribution in [0, 0.1) is 20.2 Å². The molecule has 0 aliphatic rings. The maximum atomic E-state index is 11.0. The second-order valence-electron chi connectivity index (χ2n) is 4.55. The SMILES string of the molecule is O=C([O-])c1cc(-c2ccc([N+](=O)[O-])c(C(=O)[O-])c2)ccc1[N+](=O)[O-]. The highest BCUT2D eigenvalue weighted by Gasteiger charge is 2.18. The highest BCUT2D eigenvalue weighted by Crippen LogP contribution is 2.29. The van der Waals surface area contributed by atoms with Crippen LogP contribution < -0.4 is 10.2 Å². The minimum Gasteiger partial charge on any atom is -0.545 e. The summed E-state index contributed by atoms with van der Waals surface area (Å²) >= 11 is 0. The first kappa shape index (κ1) is 16.5. The third-order valence-corrected chi connectivity index (χ3v) is 3.16. The molecule has 0 fully saturated rings. The van der Waals surface area contributed by atoms with Crippen LogP contribution in [0.25, 0.3) is 11.1 Å². The Morgan fingerprint density at radius 1 is 0.708 bits per heavy atom. The van der Waals surface area contributed by atoms with E-state index in [1.807, 2.05) is 0 Å². The lowest BCUT2D eigenvalue weighted by Crippen LogP contribution is -2.24. The van der Waals surface area contributed by atoms with Crippen LogP contribution in [-0.2, 0) is 0 Å². The Balaban J connectivity index is 2.64. The topological polar surface area (TPSA) is 167 Å². The summed E-state index contributed by atoms with van der Waals surface area (Å²) in [7, 11) is 0. The van der Waals surface area contributed by atoms with Crippen LogP contribution in [0.5, 0.6) is 0 Å².